The molecule has 0 aliphatic heterocycles. The summed E-state index contributed by atoms with van der Waals surface area (Å²) in [4.78, 5) is 22.4. The van der Waals surface area contributed by atoms with E-state index in [9.17, 15) is 9.59 Å². The summed E-state index contributed by atoms with van der Waals surface area (Å²) >= 11 is 0. The number of hydrogen-bond acceptors (Lipinski definition) is 3. The Morgan fingerprint density at radius 1 is 1.17 bits per heavy atom. The molecular weight excluding hydrogens is 232 g/mol. The number of carbonyl (C=O) groups excluding carboxylic acids is 2. The van der Waals surface area contributed by atoms with Crippen LogP contribution in [-0.2, 0) is 16.0 Å². The fraction of sp³-hybridized carbons (Fsp3) is 0.385. The van der Waals surface area contributed by atoms with Crippen LogP contribution >= 0.6 is 0 Å². The number of nitrogens with one attached hydrogen (secondary N) is 2. The molecular formula is C13H18N2O3. The van der Waals surface area contributed by atoms with E-state index in [1.807, 2.05) is 24.3 Å². The van der Waals surface area contributed by atoms with Crippen LogP contribution in [0.3, 0.4) is 0 Å². The number of benzene rings is 1. The minimum absolute atomic E-state index is 0.0257. The van der Waals surface area contributed by atoms with E-state index in [1.54, 1.807) is 7.11 Å². The molecule has 5 heteroatoms. The highest BCUT2D eigenvalue weighted by Crippen LogP contribution is 2.12. The van der Waals surface area contributed by atoms with E-state index in [4.69, 9.17) is 4.74 Å². The Morgan fingerprint density at radius 2 is 1.83 bits per heavy atom. The van der Waals surface area contributed by atoms with Gasteiger partial charge in [-0.15, -0.1) is 0 Å². The number of likely N-dealkylation sites (N-methyl/N-ethyl adjacent to an activating group) is 1. The Labute approximate surface area is 107 Å². The van der Waals surface area contributed by atoms with E-state index in [0.29, 0.717) is 12.8 Å². The number of ether oxygens (including phenoxy) is 1. The molecule has 0 atom stereocenters. The molecule has 0 radical (unpaired) electrons. The van der Waals surface area contributed by atoms with E-state index >= 15 is 0 Å². The van der Waals surface area contributed by atoms with Gasteiger partial charge in [0.2, 0.25) is 11.8 Å². The zero-order valence-electron chi connectivity index (χ0n) is 10.7. The maximum atomic E-state index is 11.4. The lowest BCUT2D eigenvalue weighted by molar-refractivity contribution is -0.125. The van der Waals surface area contributed by atoms with Crippen molar-refractivity contribution in [1.82, 2.24) is 10.6 Å². The van der Waals surface area contributed by atoms with Crippen molar-refractivity contribution in [1.29, 1.82) is 0 Å². The van der Waals surface area contributed by atoms with Gasteiger partial charge in [0, 0.05) is 13.5 Å². The molecule has 0 unspecified atom stereocenters. The van der Waals surface area contributed by atoms with Crippen LogP contribution in [0.25, 0.3) is 0 Å². The number of carbonyl (C=O) groups is 2. The average Bonchev–Trinajstić information content (AvgIpc) is 2.42. The number of amides is 2. The molecule has 0 bridgehead atoms. The predicted molar refractivity (Wildman–Crippen MR) is 68.4 cm³/mol. The van der Waals surface area contributed by atoms with E-state index in [-0.39, 0.29) is 18.4 Å². The summed E-state index contributed by atoms with van der Waals surface area (Å²) in [6, 6.07) is 7.56. The van der Waals surface area contributed by atoms with Crippen LogP contribution in [-0.4, -0.2) is 32.5 Å². The fourth-order valence-electron chi connectivity index (χ4n) is 1.41. The highest BCUT2D eigenvalue weighted by atomic mass is 16.5. The van der Waals surface area contributed by atoms with Crippen molar-refractivity contribution in [3.05, 3.63) is 29.8 Å². The Hall–Kier alpha value is -2.04. The molecule has 1 aromatic rings. The van der Waals surface area contributed by atoms with E-state index < -0.39 is 0 Å². The smallest absolute Gasteiger partial charge is 0.239 e. The van der Waals surface area contributed by atoms with Gasteiger partial charge in [-0.3, -0.25) is 9.59 Å². The molecule has 0 saturated heterocycles. The first-order chi connectivity index (χ1) is 8.65. The molecule has 0 heterocycles. The molecule has 2 N–H and O–H groups in total. The monoisotopic (exact) mass is 250 g/mol. The highest BCUT2D eigenvalue weighted by Gasteiger charge is 2.04. The van der Waals surface area contributed by atoms with Gasteiger partial charge < -0.3 is 15.4 Å². The lowest BCUT2D eigenvalue weighted by Gasteiger charge is -2.05. The van der Waals surface area contributed by atoms with Gasteiger partial charge in [0.05, 0.1) is 13.7 Å². The molecule has 98 valence electrons. The summed E-state index contributed by atoms with van der Waals surface area (Å²) in [5, 5.41) is 4.99. The molecule has 0 saturated carbocycles. The van der Waals surface area contributed by atoms with Gasteiger partial charge in [-0.2, -0.15) is 0 Å². The normalized spacial score (nSPS) is 9.67. The second-order valence-electron chi connectivity index (χ2n) is 3.80. The van der Waals surface area contributed by atoms with Crippen LogP contribution in [0.1, 0.15) is 12.0 Å². The first kappa shape index (κ1) is 14.0. The van der Waals surface area contributed by atoms with Crippen LogP contribution in [0.5, 0.6) is 5.75 Å². The quantitative estimate of drug-likeness (QED) is 0.772. The van der Waals surface area contributed by atoms with E-state index in [2.05, 4.69) is 10.6 Å². The SMILES string of the molecule is CNC(=O)CNC(=O)CCc1ccc(OC)cc1. The van der Waals surface area contributed by atoms with Crippen molar-refractivity contribution in [3.63, 3.8) is 0 Å². The van der Waals surface area contributed by atoms with Gasteiger partial charge in [-0.1, -0.05) is 12.1 Å². The minimum atomic E-state index is -0.201. The van der Waals surface area contributed by atoms with Gasteiger partial charge in [-0.25, -0.2) is 0 Å². The third-order valence-corrected chi connectivity index (χ3v) is 2.52. The zero-order chi connectivity index (χ0) is 13.4. The molecule has 0 aromatic heterocycles. The molecule has 18 heavy (non-hydrogen) atoms. The standard InChI is InChI=1S/C13H18N2O3/c1-14-13(17)9-15-12(16)8-5-10-3-6-11(18-2)7-4-10/h3-4,6-7H,5,8-9H2,1-2H3,(H,14,17)(H,15,16). The third-order valence-electron chi connectivity index (χ3n) is 2.52. The molecule has 5 nitrogen and oxygen atoms in total. The molecule has 0 aliphatic carbocycles. The molecule has 0 fully saturated rings. The summed E-state index contributed by atoms with van der Waals surface area (Å²) < 4.78 is 5.05. The number of methoxy groups -OCH3 is 1. The van der Waals surface area contributed by atoms with Crippen molar-refractivity contribution in [2.75, 3.05) is 20.7 Å². The predicted octanol–water partition coefficient (Wildman–Crippen LogP) is 0.490. The van der Waals surface area contributed by atoms with Crippen LogP contribution in [0.2, 0.25) is 0 Å². The van der Waals surface area contributed by atoms with Gasteiger partial charge >= 0.3 is 0 Å². The molecule has 0 spiro atoms. The van der Waals surface area contributed by atoms with Crippen molar-refractivity contribution < 1.29 is 14.3 Å². The maximum absolute atomic E-state index is 11.4. The van der Waals surface area contributed by atoms with Gasteiger partial charge in [0.1, 0.15) is 5.75 Å². The molecule has 2 amide bonds. The largest absolute Gasteiger partial charge is 0.497 e. The van der Waals surface area contributed by atoms with Crippen molar-refractivity contribution in [2.24, 2.45) is 0 Å². The highest BCUT2D eigenvalue weighted by molar-refractivity contribution is 5.84. The second kappa shape index (κ2) is 7.32. The summed E-state index contributed by atoms with van der Waals surface area (Å²) in [5.41, 5.74) is 1.06. The van der Waals surface area contributed by atoms with E-state index in [0.717, 1.165) is 11.3 Å². The average molecular weight is 250 g/mol. The van der Waals surface area contributed by atoms with Gasteiger partial charge in [0.15, 0.2) is 0 Å². The number of rotatable bonds is 6. The zero-order valence-corrected chi connectivity index (χ0v) is 10.7. The van der Waals surface area contributed by atoms with Crippen molar-refractivity contribution in [3.8, 4) is 5.75 Å². The lowest BCUT2D eigenvalue weighted by Crippen LogP contribution is -2.35. The Morgan fingerprint density at radius 3 is 2.39 bits per heavy atom. The summed E-state index contributed by atoms with van der Waals surface area (Å²) in [5.74, 6) is 0.463. The van der Waals surface area contributed by atoms with Crippen molar-refractivity contribution >= 4 is 11.8 Å². The Bertz CT molecular complexity index is 401. The molecule has 0 aliphatic rings. The topological polar surface area (TPSA) is 67.4 Å². The Balaban J connectivity index is 2.31. The van der Waals surface area contributed by atoms with Crippen LogP contribution < -0.4 is 15.4 Å². The summed E-state index contributed by atoms with van der Waals surface area (Å²) in [6.07, 6.45) is 1.01. The third kappa shape index (κ3) is 4.86. The van der Waals surface area contributed by atoms with Crippen LogP contribution in [0, 0.1) is 0 Å². The van der Waals surface area contributed by atoms with Gasteiger partial charge in [0.25, 0.3) is 0 Å². The number of aryl methyl sites for hydroxylation is 1. The Kier molecular flexibility index (Phi) is 5.70. The maximum Gasteiger partial charge on any atom is 0.239 e. The van der Waals surface area contributed by atoms with Crippen LogP contribution in [0.15, 0.2) is 24.3 Å². The summed E-state index contributed by atoms with van der Waals surface area (Å²) in [7, 11) is 3.15. The second-order valence-corrected chi connectivity index (χ2v) is 3.80. The summed E-state index contributed by atoms with van der Waals surface area (Å²) in [6.45, 7) is 0.0257. The molecule has 1 rings (SSSR count). The van der Waals surface area contributed by atoms with Gasteiger partial charge in [-0.05, 0) is 24.1 Å². The number of hydrogen-bond donors (Lipinski definition) is 2. The lowest BCUT2D eigenvalue weighted by atomic mass is 10.1. The van der Waals surface area contributed by atoms with Crippen molar-refractivity contribution in [2.45, 2.75) is 12.8 Å². The molecule has 1 aromatic carbocycles. The van der Waals surface area contributed by atoms with E-state index in [1.165, 1.54) is 7.05 Å². The van der Waals surface area contributed by atoms with Crippen LogP contribution in [0.4, 0.5) is 0 Å². The minimum Gasteiger partial charge on any atom is -0.497 e. The first-order valence-corrected chi connectivity index (χ1v) is 5.76. The first-order valence-electron chi connectivity index (χ1n) is 5.76. The fourth-order valence-corrected chi connectivity index (χ4v) is 1.41.